The molecular weight excluding hydrogens is 293 g/mol. The van der Waals surface area contributed by atoms with Gasteiger partial charge in [-0.3, -0.25) is 0 Å². The molecule has 0 fully saturated rings. The first-order valence-electron chi connectivity index (χ1n) is 6.61. The molecule has 0 aromatic heterocycles. The molecule has 0 radical (unpaired) electrons. The number of halogens is 2. The summed E-state index contributed by atoms with van der Waals surface area (Å²) in [6, 6.07) is 11.7. The number of anilines is 1. The molecule has 2 N–H and O–H groups in total. The van der Waals surface area contributed by atoms with E-state index in [1.54, 1.807) is 12.1 Å². The summed E-state index contributed by atoms with van der Waals surface area (Å²) < 4.78 is 18.6. The summed E-state index contributed by atoms with van der Waals surface area (Å²) in [5.41, 5.74) is 1.81. The number of para-hydroxylation sites is 1. The van der Waals surface area contributed by atoms with Gasteiger partial charge in [-0.2, -0.15) is 0 Å². The van der Waals surface area contributed by atoms with Gasteiger partial charge in [0.2, 0.25) is 0 Å². The fourth-order valence-corrected chi connectivity index (χ4v) is 2.10. The topological polar surface area (TPSA) is 41.5 Å². The molecule has 0 saturated heterocycles. The number of aryl methyl sites for hydroxylation is 1. The van der Waals surface area contributed by atoms with E-state index in [9.17, 15) is 9.50 Å². The maximum Gasteiger partial charge on any atom is 0.165 e. The van der Waals surface area contributed by atoms with Crippen LogP contribution in [0.1, 0.15) is 5.56 Å². The third kappa shape index (κ3) is 4.62. The van der Waals surface area contributed by atoms with Crippen molar-refractivity contribution < 1.29 is 14.2 Å². The normalized spacial score (nSPS) is 12.0. The highest BCUT2D eigenvalue weighted by Crippen LogP contribution is 2.22. The highest BCUT2D eigenvalue weighted by molar-refractivity contribution is 6.33. The zero-order chi connectivity index (χ0) is 15.2. The summed E-state index contributed by atoms with van der Waals surface area (Å²) in [5, 5.41) is 13.5. The zero-order valence-corrected chi connectivity index (χ0v) is 12.4. The van der Waals surface area contributed by atoms with Crippen molar-refractivity contribution in [3.63, 3.8) is 0 Å². The largest absolute Gasteiger partial charge is 0.488 e. The Balaban J connectivity index is 1.82. The second-order valence-electron chi connectivity index (χ2n) is 4.76. The van der Waals surface area contributed by atoms with Gasteiger partial charge in [-0.05, 0) is 36.8 Å². The van der Waals surface area contributed by atoms with Crippen LogP contribution in [0.15, 0.2) is 42.5 Å². The first kappa shape index (κ1) is 15.6. The highest BCUT2D eigenvalue weighted by atomic mass is 35.5. The Morgan fingerprint density at radius 3 is 2.76 bits per heavy atom. The molecule has 3 nitrogen and oxygen atoms in total. The lowest BCUT2D eigenvalue weighted by Gasteiger charge is -2.15. The minimum atomic E-state index is -0.776. The standard InChI is InChI=1S/C16H17ClFNO2/c1-11-6-7-15(13(17)8-11)19-9-12(20)10-21-16-5-3-2-4-14(16)18/h2-8,12,19-20H,9-10H2,1H3. The van der Waals surface area contributed by atoms with Gasteiger partial charge < -0.3 is 15.2 Å². The summed E-state index contributed by atoms with van der Waals surface area (Å²) in [4.78, 5) is 0. The molecule has 112 valence electrons. The summed E-state index contributed by atoms with van der Waals surface area (Å²) in [5.74, 6) is -0.316. The average Bonchev–Trinajstić information content (AvgIpc) is 2.45. The quantitative estimate of drug-likeness (QED) is 0.856. The van der Waals surface area contributed by atoms with E-state index in [-0.39, 0.29) is 18.9 Å². The fourth-order valence-electron chi connectivity index (χ4n) is 1.80. The molecule has 0 aliphatic rings. The van der Waals surface area contributed by atoms with Crippen molar-refractivity contribution in [3.8, 4) is 5.75 Å². The van der Waals surface area contributed by atoms with E-state index in [0.717, 1.165) is 11.3 Å². The molecule has 0 aliphatic carbocycles. The van der Waals surface area contributed by atoms with Gasteiger partial charge in [0.1, 0.15) is 12.7 Å². The second kappa shape index (κ2) is 7.29. The molecule has 2 aromatic rings. The van der Waals surface area contributed by atoms with Crippen LogP contribution in [0, 0.1) is 12.7 Å². The van der Waals surface area contributed by atoms with E-state index >= 15 is 0 Å². The lowest BCUT2D eigenvalue weighted by atomic mass is 10.2. The first-order chi connectivity index (χ1) is 10.1. The van der Waals surface area contributed by atoms with E-state index < -0.39 is 11.9 Å². The van der Waals surface area contributed by atoms with Gasteiger partial charge in [0.15, 0.2) is 11.6 Å². The van der Waals surface area contributed by atoms with Crippen LogP contribution < -0.4 is 10.1 Å². The van der Waals surface area contributed by atoms with Crippen LogP contribution >= 0.6 is 11.6 Å². The lowest BCUT2D eigenvalue weighted by Crippen LogP contribution is -2.26. The third-order valence-corrected chi connectivity index (χ3v) is 3.23. The van der Waals surface area contributed by atoms with Gasteiger partial charge >= 0.3 is 0 Å². The molecule has 1 atom stereocenters. The van der Waals surface area contributed by atoms with Gasteiger partial charge in [0, 0.05) is 6.54 Å². The molecule has 5 heteroatoms. The zero-order valence-electron chi connectivity index (χ0n) is 11.6. The molecule has 0 saturated carbocycles. The Bertz CT molecular complexity index is 607. The third-order valence-electron chi connectivity index (χ3n) is 2.92. The van der Waals surface area contributed by atoms with Gasteiger partial charge in [0.05, 0.1) is 10.7 Å². The van der Waals surface area contributed by atoms with E-state index in [1.807, 2.05) is 25.1 Å². The lowest BCUT2D eigenvalue weighted by molar-refractivity contribution is 0.115. The Labute approximate surface area is 128 Å². The SMILES string of the molecule is Cc1ccc(NCC(O)COc2ccccc2F)c(Cl)c1. The van der Waals surface area contributed by atoms with Crippen molar-refractivity contribution in [2.75, 3.05) is 18.5 Å². The minimum absolute atomic E-state index is 0.00257. The van der Waals surface area contributed by atoms with Crippen LogP contribution in [0.5, 0.6) is 5.75 Å². The van der Waals surface area contributed by atoms with Crippen LogP contribution in [0.3, 0.4) is 0 Å². The van der Waals surface area contributed by atoms with Crippen LogP contribution in [0.2, 0.25) is 5.02 Å². The van der Waals surface area contributed by atoms with Crippen LogP contribution in [0.25, 0.3) is 0 Å². The minimum Gasteiger partial charge on any atom is -0.488 e. The number of ether oxygens (including phenoxy) is 1. The van der Waals surface area contributed by atoms with Crippen molar-refractivity contribution in [2.45, 2.75) is 13.0 Å². The fraction of sp³-hybridized carbons (Fsp3) is 0.250. The average molecular weight is 310 g/mol. The van der Waals surface area contributed by atoms with Crippen molar-refractivity contribution >= 4 is 17.3 Å². The first-order valence-corrected chi connectivity index (χ1v) is 6.99. The second-order valence-corrected chi connectivity index (χ2v) is 5.17. The van der Waals surface area contributed by atoms with Gasteiger partial charge in [-0.1, -0.05) is 29.8 Å². The summed E-state index contributed by atoms with van der Waals surface area (Å²) in [6.07, 6.45) is -0.776. The van der Waals surface area contributed by atoms with Crippen molar-refractivity contribution in [3.05, 3.63) is 58.9 Å². The van der Waals surface area contributed by atoms with Crippen molar-refractivity contribution in [1.82, 2.24) is 0 Å². The van der Waals surface area contributed by atoms with Crippen LogP contribution in [0.4, 0.5) is 10.1 Å². The molecule has 0 spiro atoms. The molecule has 0 heterocycles. The smallest absolute Gasteiger partial charge is 0.165 e. The number of nitrogens with one attached hydrogen (secondary N) is 1. The molecular formula is C16H17ClFNO2. The molecule has 0 aliphatic heterocycles. The van der Waals surface area contributed by atoms with E-state index in [0.29, 0.717) is 5.02 Å². The van der Waals surface area contributed by atoms with Gasteiger partial charge in [0.25, 0.3) is 0 Å². The van der Waals surface area contributed by atoms with Crippen LogP contribution in [-0.4, -0.2) is 24.4 Å². The number of benzene rings is 2. The van der Waals surface area contributed by atoms with E-state index in [2.05, 4.69) is 5.32 Å². The predicted molar refractivity (Wildman–Crippen MR) is 82.6 cm³/mol. The Morgan fingerprint density at radius 1 is 1.29 bits per heavy atom. The van der Waals surface area contributed by atoms with Crippen LogP contribution in [-0.2, 0) is 0 Å². The molecule has 1 unspecified atom stereocenters. The molecule has 2 aromatic carbocycles. The molecule has 0 amide bonds. The van der Waals surface area contributed by atoms with Crippen molar-refractivity contribution in [1.29, 1.82) is 0 Å². The molecule has 21 heavy (non-hydrogen) atoms. The van der Waals surface area contributed by atoms with Gasteiger partial charge in [-0.25, -0.2) is 4.39 Å². The summed E-state index contributed by atoms with van der Waals surface area (Å²) >= 11 is 6.08. The van der Waals surface area contributed by atoms with Crippen molar-refractivity contribution in [2.24, 2.45) is 0 Å². The predicted octanol–water partition coefficient (Wildman–Crippen LogP) is 3.64. The number of aliphatic hydroxyl groups excluding tert-OH is 1. The number of aliphatic hydroxyl groups is 1. The molecule has 2 rings (SSSR count). The number of rotatable bonds is 6. The van der Waals surface area contributed by atoms with Gasteiger partial charge in [-0.15, -0.1) is 0 Å². The maximum absolute atomic E-state index is 13.3. The summed E-state index contributed by atoms with van der Waals surface area (Å²) in [6.45, 7) is 2.21. The maximum atomic E-state index is 13.3. The molecule has 0 bridgehead atoms. The number of hydrogen-bond acceptors (Lipinski definition) is 3. The Kier molecular flexibility index (Phi) is 5.42. The Morgan fingerprint density at radius 2 is 2.05 bits per heavy atom. The monoisotopic (exact) mass is 309 g/mol. The van der Waals surface area contributed by atoms with E-state index in [1.165, 1.54) is 12.1 Å². The number of hydrogen-bond donors (Lipinski definition) is 2. The summed E-state index contributed by atoms with van der Waals surface area (Å²) in [7, 11) is 0. The van der Waals surface area contributed by atoms with E-state index in [4.69, 9.17) is 16.3 Å². The highest BCUT2D eigenvalue weighted by Gasteiger charge is 2.09. The Hall–Kier alpha value is -1.78.